The number of rotatable bonds is 14. The van der Waals surface area contributed by atoms with Gasteiger partial charge in [-0.1, -0.05) is 72.8 Å². The van der Waals surface area contributed by atoms with Crippen LogP contribution < -0.4 is 5.73 Å². The number of anilines is 1. The molecule has 4 heterocycles. The van der Waals surface area contributed by atoms with Crippen molar-refractivity contribution in [2.24, 2.45) is 0 Å². The average molecular weight is 813 g/mol. The maximum absolute atomic E-state index is 12.9. The number of nitrogens with two attached hydrogens (primary N) is 1. The molecular weight excluding hydrogens is 782 g/mol. The maximum Gasteiger partial charge on any atom is 0.490 e. The molecular formula is C29H31N5O15P4. The smallest absolute Gasteiger partial charge is 0.382 e. The minimum absolute atomic E-state index is 0.104. The number of fused-ring (bicyclic) bond motifs is 3. The number of benzene rings is 3. The molecule has 2 aliphatic heterocycles. The fourth-order valence-corrected chi connectivity index (χ4v) is 11.6. The lowest BCUT2D eigenvalue weighted by molar-refractivity contribution is -0.149. The van der Waals surface area contributed by atoms with Gasteiger partial charge in [-0.2, -0.15) is 8.62 Å². The van der Waals surface area contributed by atoms with E-state index in [4.69, 9.17) is 24.5 Å². The van der Waals surface area contributed by atoms with Crippen LogP contribution in [0, 0.1) is 0 Å². The Morgan fingerprint density at radius 1 is 0.755 bits per heavy atom. The number of ether oxygens (including phenoxy) is 3. The van der Waals surface area contributed by atoms with Crippen LogP contribution in [0.2, 0.25) is 0 Å². The summed E-state index contributed by atoms with van der Waals surface area (Å²) in [6.45, 7) is -0.805. The molecule has 0 bridgehead atoms. The Morgan fingerprint density at radius 2 is 1.43 bits per heavy atom. The first-order chi connectivity index (χ1) is 25.1. The Kier molecular flexibility index (Phi) is 10.6. The number of phosphoric acid groups is 3. The van der Waals surface area contributed by atoms with Gasteiger partial charge in [-0.25, -0.2) is 33.0 Å². The van der Waals surface area contributed by atoms with Gasteiger partial charge in [0.25, 0.3) is 0 Å². The standard InChI is InChI=1S/C29H31N5O15P4/c30-27-24-28(32-16-31-27)34(17-33-24)29-26-25(45-23(46-26)13-18-7-2-1-3-8-18)22(44-29)14-43-51(37,38)48-53(41,42)49-52(39,40)47-50(35,36)15-20-11-6-10-19-9-4-5-12-21(19)20/h1-12,16-17,22-23,25-26,29H,13-15H2,(H,35,36)(H,37,38)(H,39,40)(H,41,42)(H2,30,31,32)/t22-,23?,25+,26?,29-/m1/s1. The normalized spacial score (nSPS) is 26.1. The molecule has 3 aromatic carbocycles. The number of imidazole rings is 1. The van der Waals surface area contributed by atoms with Crippen molar-refractivity contribution in [3.05, 3.63) is 96.6 Å². The van der Waals surface area contributed by atoms with Gasteiger partial charge in [0.2, 0.25) is 0 Å². The summed E-state index contributed by atoms with van der Waals surface area (Å²) in [7, 11) is -22.5. The van der Waals surface area contributed by atoms with Crippen molar-refractivity contribution < 1.29 is 69.5 Å². The Morgan fingerprint density at radius 3 is 2.23 bits per heavy atom. The highest BCUT2D eigenvalue weighted by Gasteiger charge is 2.55. The van der Waals surface area contributed by atoms with E-state index in [9.17, 15) is 37.8 Å². The second-order valence-corrected chi connectivity index (χ2v) is 18.5. The van der Waals surface area contributed by atoms with Crippen molar-refractivity contribution >= 4 is 58.8 Å². The molecule has 24 heteroatoms. The second kappa shape index (κ2) is 14.8. The summed E-state index contributed by atoms with van der Waals surface area (Å²) in [4.78, 5) is 53.3. The van der Waals surface area contributed by atoms with E-state index in [1.54, 1.807) is 36.4 Å². The van der Waals surface area contributed by atoms with Crippen molar-refractivity contribution in [1.82, 2.24) is 19.5 Å². The first-order valence-corrected chi connectivity index (χ1v) is 21.8. The average Bonchev–Trinajstić information content (AvgIpc) is 3.77. The van der Waals surface area contributed by atoms with E-state index in [1.165, 1.54) is 23.3 Å². The highest BCUT2D eigenvalue weighted by Crippen LogP contribution is 2.72. The minimum Gasteiger partial charge on any atom is -0.382 e. The van der Waals surface area contributed by atoms with E-state index in [2.05, 4.69) is 27.9 Å². The SMILES string of the molecule is Nc1ncnc2c1ncn2[C@@H]1O[C@H](COP(=O)(O)OP(=O)(O)OP(=O)(O)OP(=O)(O)Cc2cccc3ccccc23)[C@@H]2OC(Cc3ccccc3)OC21. The minimum atomic E-state index is -6.00. The molecule has 282 valence electrons. The molecule has 7 rings (SSSR count). The highest BCUT2D eigenvalue weighted by molar-refractivity contribution is 7.70. The van der Waals surface area contributed by atoms with Gasteiger partial charge in [-0.05, 0) is 21.9 Å². The molecule has 2 saturated heterocycles. The van der Waals surface area contributed by atoms with Crippen LogP contribution in [0.5, 0.6) is 0 Å². The summed E-state index contributed by atoms with van der Waals surface area (Å²) < 4.78 is 88.4. The van der Waals surface area contributed by atoms with Crippen molar-refractivity contribution in [1.29, 1.82) is 0 Å². The predicted octanol–water partition coefficient (Wildman–Crippen LogP) is 4.57. The van der Waals surface area contributed by atoms with Crippen LogP contribution >= 0.6 is 31.1 Å². The summed E-state index contributed by atoms with van der Waals surface area (Å²) in [6, 6.07) is 20.8. The van der Waals surface area contributed by atoms with Crippen LogP contribution in [0.3, 0.4) is 0 Å². The van der Waals surface area contributed by atoms with Gasteiger partial charge in [0.05, 0.1) is 19.1 Å². The molecule has 0 aliphatic carbocycles. The van der Waals surface area contributed by atoms with Crippen LogP contribution in [0.15, 0.2) is 85.5 Å². The summed E-state index contributed by atoms with van der Waals surface area (Å²) in [5.41, 5.74) is 7.64. The molecule has 0 saturated carbocycles. The number of hydrogen-bond donors (Lipinski definition) is 5. The number of aromatic nitrogens is 4. The lowest BCUT2D eigenvalue weighted by Crippen LogP contribution is -2.31. The Balaban J connectivity index is 1.02. The van der Waals surface area contributed by atoms with Crippen molar-refractivity contribution in [3.63, 3.8) is 0 Å². The molecule has 2 fully saturated rings. The van der Waals surface area contributed by atoms with Gasteiger partial charge in [-0.15, -0.1) is 0 Å². The van der Waals surface area contributed by atoms with E-state index in [0.29, 0.717) is 17.2 Å². The first-order valence-electron chi connectivity index (χ1n) is 15.6. The van der Waals surface area contributed by atoms with Gasteiger partial charge in [-0.3, -0.25) is 13.7 Å². The van der Waals surface area contributed by atoms with Gasteiger partial charge in [0, 0.05) is 6.42 Å². The summed E-state index contributed by atoms with van der Waals surface area (Å²) in [5, 5.41) is 1.24. The zero-order valence-electron chi connectivity index (χ0n) is 27.0. The summed E-state index contributed by atoms with van der Waals surface area (Å²) in [5.74, 6) is 0.104. The molecule has 6 N–H and O–H groups in total. The molecule has 0 amide bonds. The Bertz CT molecular complexity index is 2330. The van der Waals surface area contributed by atoms with Crippen molar-refractivity contribution in [2.45, 2.75) is 43.4 Å². The third-order valence-corrected chi connectivity index (χ3v) is 14.5. The molecule has 2 aromatic heterocycles. The quantitative estimate of drug-likeness (QED) is 0.0960. The number of nitrogen functional groups attached to an aromatic ring is 1. The Labute approximate surface area is 299 Å². The number of hydrogen-bond acceptors (Lipinski definition) is 15. The number of nitrogens with zero attached hydrogens (tertiary/aromatic N) is 4. The predicted molar refractivity (Wildman–Crippen MR) is 183 cm³/mol. The van der Waals surface area contributed by atoms with Crippen molar-refractivity contribution in [3.8, 4) is 0 Å². The van der Waals surface area contributed by atoms with Gasteiger partial charge in [0.1, 0.15) is 30.2 Å². The zero-order valence-corrected chi connectivity index (χ0v) is 30.6. The van der Waals surface area contributed by atoms with Crippen LogP contribution in [-0.2, 0) is 62.5 Å². The van der Waals surface area contributed by atoms with Gasteiger partial charge >= 0.3 is 31.1 Å². The lowest BCUT2D eigenvalue weighted by atomic mass is 10.1. The van der Waals surface area contributed by atoms with Crippen LogP contribution in [0.1, 0.15) is 17.4 Å². The zero-order chi connectivity index (χ0) is 37.6. The molecule has 6 unspecified atom stereocenters. The summed E-state index contributed by atoms with van der Waals surface area (Å²) >= 11 is 0. The molecule has 20 nitrogen and oxygen atoms in total. The number of phosphoric ester groups is 1. The first kappa shape index (κ1) is 38.0. The van der Waals surface area contributed by atoms with E-state index < -0.39 is 74.7 Å². The molecule has 9 atom stereocenters. The monoisotopic (exact) mass is 813 g/mol. The van der Waals surface area contributed by atoms with Gasteiger partial charge in [0.15, 0.2) is 24.0 Å². The third kappa shape index (κ3) is 8.85. The third-order valence-electron chi connectivity index (χ3n) is 8.11. The molecule has 0 radical (unpaired) electrons. The second-order valence-electron chi connectivity index (χ2n) is 11.8. The largest absolute Gasteiger partial charge is 0.490 e. The maximum atomic E-state index is 12.9. The fraction of sp³-hybridized carbons (Fsp3) is 0.276. The van der Waals surface area contributed by atoms with E-state index in [1.807, 2.05) is 30.3 Å². The van der Waals surface area contributed by atoms with E-state index in [-0.39, 0.29) is 22.5 Å². The molecule has 53 heavy (non-hydrogen) atoms. The Hall–Kier alpha value is -3.25. The van der Waals surface area contributed by atoms with Crippen LogP contribution in [-0.4, -0.2) is 70.3 Å². The fourth-order valence-electron chi connectivity index (χ4n) is 6.03. The lowest BCUT2D eigenvalue weighted by Gasteiger charge is -2.22. The molecule has 2 aliphatic rings. The van der Waals surface area contributed by atoms with Crippen molar-refractivity contribution in [2.75, 3.05) is 12.3 Å². The van der Waals surface area contributed by atoms with Gasteiger partial charge < -0.3 is 39.5 Å². The topological polar surface area (TPSA) is 283 Å². The summed E-state index contributed by atoms with van der Waals surface area (Å²) in [6.07, 6.45) is -2.59. The van der Waals surface area contributed by atoms with E-state index >= 15 is 0 Å². The van der Waals surface area contributed by atoms with Crippen LogP contribution in [0.25, 0.3) is 21.9 Å². The molecule has 0 spiro atoms. The van der Waals surface area contributed by atoms with Crippen LogP contribution in [0.4, 0.5) is 5.82 Å². The highest BCUT2D eigenvalue weighted by atomic mass is 31.3. The molecule has 5 aromatic rings. The van der Waals surface area contributed by atoms with E-state index in [0.717, 1.165) is 5.56 Å².